The first-order valence-electron chi connectivity index (χ1n) is 5.35. The van der Waals surface area contributed by atoms with Crippen LogP contribution >= 0.6 is 11.6 Å². The van der Waals surface area contributed by atoms with Crippen molar-refractivity contribution in [3.05, 3.63) is 34.9 Å². The summed E-state index contributed by atoms with van der Waals surface area (Å²) in [5.41, 5.74) is 0.617. The second kappa shape index (κ2) is 4.55. The van der Waals surface area contributed by atoms with E-state index in [1.165, 1.54) is 4.90 Å². The Labute approximate surface area is 105 Å². The minimum atomic E-state index is -0.934. The van der Waals surface area contributed by atoms with Crippen molar-refractivity contribution in [1.29, 1.82) is 0 Å². The van der Waals surface area contributed by atoms with Crippen LogP contribution in [0.5, 0.6) is 0 Å². The molecule has 4 nitrogen and oxygen atoms in total. The Kier molecular flexibility index (Phi) is 3.26. The third kappa shape index (κ3) is 3.35. The fourth-order valence-electron chi connectivity index (χ4n) is 1.62. The predicted octanol–water partition coefficient (Wildman–Crippen LogP) is 2.61. The number of benzene rings is 1. The smallest absolute Gasteiger partial charge is 0.407 e. The van der Waals surface area contributed by atoms with E-state index < -0.39 is 6.09 Å². The summed E-state index contributed by atoms with van der Waals surface area (Å²) in [6.45, 7) is 3.28. The number of carboxylic acid groups (broad SMARTS) is 1. The van der Waals surface area contributed by atoms with Crippen molar-refractivity contribution in [3.63, 3.8) is 0 Å². The van der Waals surface area contributed by atoms with Crippen molar-refractivity contribution in [1.82, 2.24) is 4.90 Å². The second-order valence-corrected chi connectivity index (χ2v) is 4.94. The molecular formula is C12H14ClNO3. The van der Waals surface area contributed by atoms with E-state index in [4.69, 9.17) is 21.4 Å². The molecule has 1 aromatic rings. The fourth-order valence-corrected chi connectivity index (χ4v) is 1.75. The highest BCUT2D eigenvalue weighted by atomic mass is 35.5. The topological polar surface area (TPSA) is 53.1 Å². The molecule has 17 heavy (non-hydrogen) atoms. The van der Waals surface area contributed by atoms with Crippen molar-refractivity contribution in [3.8, 4) is 0 Å². The van der Waals surface area contributed by atoms with Crippen molar-refractivity contribution in [2.24, 2.45) is 0 Å². The zero-order chi connectivity index (χ0) is 12.5. The maximum absolute atomic E-state index is 11.1. The Morgan fingerprint density at radius 2 is 2.12 bits per heavy atom. The number of hydrogen-bond acceptors (Lipinski definition) is 2. The number of ether oxygens (including phenoxy) is 1. The zero-order valence-electron chi connectivity index (χ0n) is 9.52. The Morgan fingerprint density at radius 3 is 2.59 bits per heavy atom. The van der Waals surface area contributed by atoms with Gasteiger partial charge in [0.05, 0.1) is 13.2 Å². The lowest BCUT2D eigenvalue weighted by Gasteiger charge is -2.21. The molecule has 92 valence electrons. The van der Waals surface area contributed by atoms with Crippen molar-refractivity contribution >= 4 is 17.7 Å². The van der Waals surface area contributed by atoms with Gasteiger partial charge >= 0.3 is 6.09 Å². The van der Waals surface area contributed by atoms with Crippen LogP contribution in [0.25, 0.3) is 0 Å². The van der Waals surface area contributed by atoms with Crippen LogP contribution in [0, 0.1) is 0 Å². The van der Waals surface area contributed by atoms with Crippen molar-refractivity contribution in [2.75, 3.05) is 13.2 Å². The van der Waals surface area contributed by atoms with E-state index in [2.05, 4.69) is 0 Å². The SMILES string of the molecule is CC1(CN(Cc2ccc(Cl)cc2)C(=O)O)CO1. The van der Waals surface area contributed by atoms with E-state index >= 15 is 0 Å². The van der Waals surface area contributed by atoms with Crippen molar-refractivity contribution in [2.45, 2.75) is 19.1 Å². The molecule has 0 bridgehead atoms. The molecule has 2 rings (SSSR count). The molecule has 1 unspecified atom stereocenters. The van der Waals surface area contributed by atoms with Gasteiger partial charge in [-0.25, -0.2) is 4.79 Å². The molecule has 1 saturated heterocycles. The van der Waals surface area contributed by atoms with E-state index in [-0.39, 0.29) is 5.60 Å². The molecule has 1 N–H and O–H groups in total. The summed E-state index contributed by atoms with van der Waals surface area (Å²) in [6.07, 6.45) is -0.934. The Hall–Kier alpha value is -1.26. The molecule has 1 fully saturated rings. The first-order valence-corrected chi connectivity index (χ1v) is 5.73. The molecule has 0 saturated carbocycles. The van der Waals surface area contributed by atoms with Crippen LogP contribution in [0.4, 0.5) is 4.79 Å². The summed E-state index contributed by atoms with van der Waals surface area (Å²) in [5.74, 6) is 0. The van der Waals surface area contributed by atoms with Gasteiger partial charge in [0, 0.05) is 11.6 Å². The van der Waals surface area contributed by atoms with Crippen LogP contribution < -0.4 is 0 Å². The van der Waals surface area contributed by atoms with Crippen LogP contribution in [-0.4, -0.2) is 34.9 Å². The average molecular weight is 256 g/mol. The molecular weight excluding hydrogens is 242 g/mol. The van der Waals surface area contributed by atoms with Gasteiger partial charge in [0.15, 0.2) is 0 Å². The predicted molar refractivity (Wildman–Crippen MR) is 64.2 cm³/mol. The first kappa shape index (κ1) is 12.2. The minimum absolute atomic E-state index is 0.301. The van der Waals surface area contributed by atoms with Crippen LogP contribution in [0.15, 0.2) is 24.3 Å². The van der Waals surface area contributed by atoms with Gasteiger partial charge < -0.3 is 14.7 Å². The summed E-state index contributed by atoms with van der Waals surface area (Å²) >= 11 is 5.78. The lowest BCUT2D eigenvalue weighted by atomic mass is 10.1. The lowest BCUT2D eigenvalue weighted by Crippen LogP contribution is -2.36. The number of halogens is 1. The molecule has 0 aliphatic carbocycles. The molecule has 5 heteroatoms. The monoisotopic (exact) mass is 255 g/mol. The zero-order valence-corrected chi connectivity index (χ0v) is 10.3. The van der Waals surface area contributed by atoms with Crippen LogP contribution in [0.3, 0.4) is 0 Å². The van der Waals surface area contributed by atoms with Gasteiger partial charge in [-0.05, 0) is 24.6 Å². The number of hydrogen-bond donors (Lipinski definition) is 1. The number of carbonyl (C=O) groups is 1. The number of amides is 1. The van der Waals surface area contributed by atoms with Crippen LogP contribution in [0.1, 0.15) is 12.5 Å². The molecule has 1 aromatic carbocycles. The summed E-state index contributed by atoms with van der Waals surface area (Å²) < 4.78 is 5.21. The van der Waals surface area contributed by atoms with E-state index in [9.17, 15) is 4.79 Å². The average Bonchev–Trinajstić information content (AvgIpc) is 2.99. The fraction of sp³-hybridized carbons (Fsp3) is 0.417. The summed E-state index contributed by atoms with van der Waals surface area (Å²) in [5, 5.41) is 9.77. The number of rotatable bonds is 4. The van der Waals surface area contributed by atoms with Crippen LogP contribution in [-0.2, 0) is 11.3 Å². The highest BCUT2D eigenvalue weighted by Gasteiger charge is 2.41. The van der Waals surface area contributed by atoms with Crippen LogP contribution in [0.2, 0.25) is 5.02 Å². The second-order valence-electron chi connectivity index (χ2n) is 4.50. The van der Waals surface area contributed by atoms with Gasteiger partial charge in [0.25, 0.3) is 0 Å². The third-order valence-electron chi connectivity index (χ3n) is 2.72. The van der Waals surface area contributed by atoms with Gasteiger partial charge in [-0.3, -0.25) is 0 Å². The minimum Gasteiger partial charge on any atom is -0.465 e. The van der Waals surface area contributed by atoms with Gasteiger partial charge in [-0.1, -0.05) is 23.7 Å². The maximum Gasteiger partial charge on any atom is 0.407 e. The Morgan fingerprint density at radius 1 is 1.53 bits per heavy atom. The number of epoxide rings is 1. The summed E-state index contributed by atoms with van der Waals surface area (Å²) in [6, 6.07) is 7.17. The Balaban J connectivity index is 2.02. The molecule has 1 amide bonds. The van der Waals surface area contributed by atoms with Crippen molar-refractivity contribution < 1.29 is 14.6 Å². The standard InChI is InChI=1S/C12H14ClNO3/c1-12(8-17-12)7-14(11(15)16)6-9-2-4-10(13)5-3-9/h2-5H,6-8H2,1H3,(H,15,16). The van der Waals surface area contributed by atoms with E-state index in [1.54, 1.807) is 12.1 Å². The molecule has 0 spiro atoms. The van der Waals surface area contributed by atoms with Gasteiger partial charge in [0.1, 0.15) is 5.60 Å². The highest BCUT2D eigenvalue weighted by Crippen LogP contribution is 2.27. The maximum atomic E-state index is 11.1. The molecule has 1 heterocycles. The lowest BCUT2D eigenvalue weighted by molar-refractivity contribution is 0.127. The van der Waals surface area contributed by atoms with Gasteiger partial charge in [-0.2, -0.15) is 0 Å². The van der Waals surface area contributed by atoms with Gasteiger partial charge in [-0.15, -0.1) is 0 Å². The number of nitrogens with zero attached hydrogens (tertiary/aromatic N) is 1. The first-order chi connectivity index (χ1) is 7.98. The molecule has 0 aromatic heterocycles. The Bertz CT molecular complexity index is 414. The van der Waals surface area contributed by atoms with E-state index in [0.717, 1.165) is 5.56 Å². The molecule has 0 radical (unpaired) electrons. The van der Waals surface area contributed by atoms with E-state index in [1.807, 2.05) is 19.1 Å². The molecule has 1 aliphatic heterocycles. The van der Waals surface area contributed by atoms with E-state index in [0.29, 0.717) is 24.7 Å². The summed E-state index contributed by atoms with van der Waals surface area (Å²) in [4.78, 5) is 12.5. The largest absolute Gasteiger partial charge is 0.465 e. The molecule has 1 atom stereocenters. The normalized spacial score (nSPS) is 22.2. The van der Waals surface area contributed by atoms with Gasteiger partial charge in [0.2, 0.25) is 0 Å². The quantitative estimate of drug-likeness (QED) is 0.842. The molecule has 1 aliphatic rings. The third-order valence-corrected chi connectivity index (χ3v) is 2.97. The highest BCUT2D eigenvalue weighted by molar-refractivity contribution is 6.30. The summed E-state index contributed by atoms with van der Waals surface area (Å²) in [7, 11) is 0.